The van der Waals surface area contributed by atoms with Crippen LogP contribution in [0.15, 0.2) is 0 Å². The molecule has 0 aromatic carbocycles. The normalized spacial score (nSPS) is 17.6. The Balaban J connectivity index is -0.0000000924. The maximum atomic E-state index is 7.32. The molecule has 0 N–H and O–H groups in total. The molecule has 0 radical (unpaired) electrons. The van der Waals surface area contributed by atoms with E-state index < -0.39 is 0 Å². The van der Waals surface area contributed by atoms with Gasteiger partial charge in [-0.1, -0.05) is 49.0 Å². The van der Waals surface area contributed by atoms with Crippen molar-refractivity contribution >= 4 is 0 Å². The summed E-state index contributed by atoms with van der Waals surface area (Å²) in [4.78, 5) is 0. The maximum absolute atomic E-state index is 7.32. The van der Waals surface area contributed by atoms with Crippen molar-refractivity contribution in [1.29, 1.82) is 5.26 Å². The van der Waals surface area contributed by atoms with Crippen LogP contribution in [0.4, 0.5) is 0 Å². The molecule has 27 heavy (non-hydrogen) atoms. The summed E-state index contributed by atoms with van der Waals surface area (Å²) in [7, 11) is 4.81. The Morgan fingerprint density at radius 1 is 0.704 bits per heavy atom. The number of hydrogen-bond donors (Lipinski definition) is 0. The monoisotopic (exact) mass is 408 g/mol. The lowest BCUT2D eigenvalue weighted by Crippen LogP contribution is -3.00. The molecule has 0 amide bonds. The van der Waals surface area contributed by atoms with Gasteiger partial charge in [0.05, 0.1) is 59.4 Å². The molecule has 2 heterocycles. The molecule has 2 saturated heterocycles. The lowest BCUT2D eigenvalue weighted by atomic mass is 10.3. The molecule has 0 aromatic heterocycles. The second-order valence-corrected chi connectivity index (χ2v) is 7.93. The van der Waals surface area contributed by atoms with Crippen molar-refractivity contribution in [3.05, 3.63) is 0 Å². The number of unbranched alkanes of at least 4 members (excludes halogenated alkanes) is 2. The van der Waals surface area contributed by atoms with E-state index in [2.05, 4.69) is 27.9 Å². The third-order valence-electron chi connectivity index (χ3n) is 5.39. The summed E-state index contributed by atoms with van der Waals surface area (Å²) in [6.07, 6.45) is 11.4. The molecule has 2 aliphatic heterocycles. The average Bonchev–Trinajstić information content (AvgIpc) is 3.15. The van der Waals surface area contributed by atoms with E-state index in [1.165, 1.54) is 107 Å². The Labute approximate surface area is 180 Å². The molecule has 0 unspecified atom stereocenters. The first-order valence-electron chi connectivity index (χ1n) is 9.93. The molecule has 0 spiro atoms. The maximum Gasteiger partial charge on any atom is 0.0786 e. The van der Waals surface area contributed by atoms with E-state index in [9.17, 15) is 0 Å². The second kappa shape index (κ2) is 22.0. The van der Waals surface area contributed by atoms with Gasteiger partial charge in [-0.15, -0.1) is 0 Å². The molecule has 2 rings (SSSR count). The molecular formula is C23H55ClN3+. The first kappa shape index (κ1) is 37.5. The SMILES string of the molecule is C.C.C.CC#N.CCCC[N+]1(C)CCCC1.CCCC[N+]1(C)CCCC1.[Cl-]. The van der Waals surface area contributed by atoms with Crippen molar-refractivity contribution in [1.82, 2.24) is 0 Å². The molecule has 3 nitrogen and oxygen atoms in total. The summed E-state index contributed by atoms with van der Waals surface area (Å²) in [5, 5.41) is 7.32. The fourth-order valence-electron chi connectivity index (χ4n) is 3.72. The zero-order valence-corrected chi connectivity index (χ0v) is 17.9. The summed E-state index contributed by atoms with van der Waals surface area (Å²) in [5.41, 5.74) is 0. The Kier molecular flexibility index (Phi) is 30.5. The van der Waals surface area contributed by atoms with Crippen LogP contribution in [-0.2, 0) is 0 Å². The molecule has 0 saturated carbocycles. The summed E-state index contributed by atoms with van der Waals surface area (Å²) < 4.78 is 2.71. The van der Waals surface area contributed by atoms with Crippen LogP contribution in [0.2, 0.25) is 0 Å². The molecule has 0 aromatic rings. The Morgan fingerprint density at radius 3 is 1.11 bits per heavy atom. The van der Waals surface area contributed by atoms with Gasteiger partial charge < -0.3 is 21.4 Å². The zero-order valence-electron chi connectivity index (χ0n) is 17.1. The first-order valence-corrected chi connectivity index (χ1v) is 9.93. The average molecular weight is 409 g/mol. The van der Waals surface area contributed by atoms with Gasteiger partial charge >= 0.3 is 0 Å². The Bertz CT molecular complexity index is 288. The van der Waals surface area contributed by atoms with Gasteiger partial charge in [0, 0.05) is 32.6 Å². The van der Waals surface area contributed by atoms with Gasteiger partial charge in [0.15, 0.2) is 0 Å². The van der Waals surface area contributed by atoms with Crippen LogP contribution in [-0.4, -0.2) is 62.3 Å². The van der Waals surface area contributed by atoms with Crippen LogP contribution in [0.1, 0.15) is 94.4 Å². The van der Waals surface area contributed by atoms with Gasteiger partial charge in [0.2, 0.25) is 0 Å². The topological polar surface area (TPSA) is 23.8 Å². The number of hydrogen-bond acceptors (Lipinski definition) is 1. The molecule has 0 bridgehead atoms. The highest BCUT2D eigenvalue weighted by atomic mass is 35.5. The molecule has 4 heteroatoms. The van der Waals surface area contributed by atoms with Crippen molar-refractivity contribution in [3.8, 4) is 6.07 Å². The van der Waals surface area contributed by atoms with Crippen molar-refractivity contribution in [3.63, 3.8) is 0 Å². The van der Waals surface area contributed by atoms with Gasteiger partial charge in [-0.25, -0.2) is 0 Å². The highest BCUT2D eigenvalue weighted by Gasteiger charge is 2.26. The molecule has 2 aliphatic rings. The van der Waals surface area contributed by atoms with Crippen LogP contribution in [0.25, 0.3) is 0 Å². The van der Waals surface area contributed by atoms with Gasteiger partial charge in [-0.2, -0.15) is 5.26 Å². The Hall–Kier alpha value is -0.300. The number of rotatable bonds is 6. The van der Waals surface area contributed by atoms with E-state index in [0.717, 1.165) is 0 Å². The first-order chi connectivity index (χ1) is 10.9. The number of quaternary nitrogens is 2. The van der Waals surface area contributed by atoms with Crippen LogP contribution < -0.4 is 12.4 Å². The van der Waals surface area contributed by atoms with Crippen LogP contribution in [0, 0.1) is 11.3 Å². The highest BCUT2D eigenvalue weighted by Crippen LogP contribution is 2.17. The summed E-state index contributed by atoms with van der Waals surface area (Å²) in [5.74, 6) is 0. The van der Waals surface area contributed by atoms with E-state index >= 15 is 0 Å². The number of halogens is 1. The minimum Gasteiger partial charge on any atom is -1.00 e. The highest BCUT2D eigenvalue weighted by molar-refractivity contribution is 4.52. The van der Waals surface area contributed by atoms with Gasteiger partial charge in [-0.3, -0.25) is 0 Å². The largest absolute Gasteiger partial charge is 1.00 e. The fraction of sp³-hybridized carbons (Fsp3) is 0.957. The summed E-state index contributed by atoms with van der Waals surface area (Å²) in [6.45, 7) is 14.5. The predicted octanol–water partition coefficient (Wildman–Crippen LogP) is 3.50. The summed E-state index contributed by atoms with van der Waals surface area (Å²) in [6, 6.07) is 1.75. The van der Waals surface area contributed by atoms with E-state index in [0.29, 0.717) is 0 Å². The molecule has 0 aliphatic carbocycles. The van der Waals surface area contributed by atoms with Gasteiger partial charge in [-0.05, 0) is 12.8 Å². The van der Waals surface area contributed by atoms with Crippen LogP contribution in [0.5, 0.6) is 0 Å². The van der Waals surface area contributed by atoms with Gasteiger partial charge in [0.25, 0.3) is 0 Å². The minimum atomic E-state index is 0. The van der Waals surface area contributed by atoms with Crippen molar-refractivity contribution in [2.24, 2.45) is 0 Å². The molecule has 168 valence electrons. The van der Waals surface area contributed by atoms with E-state index in [1.807, 2.05) is 0 Å². The Morgan fingerprint density at radius 2 is 0.926 bits per heavy atom. The van der Waals surface area contributed by atoms with E-state index in [1.54, 1.807) is 6.07 Å². The fourth-order valence-corrected chi connectivity index (χ4v) is 3.72. The number of nitriles is 1. The van der Waals surface area contributed by atoms with Crippen molar-refractivity contribution in [2.75, 3.05) is 53.4 Å². The van der Waals surface area contributed by atoms with Crippen LogP contribution >= 0.6 is 0 Å². The molecule has 0 atom stereocenters. The zero-order chi connectivity index (χ0) is 17.6. The van der Waals surface area contributed by atoms with Crippen molar-refractivity contribution < 1.29 is 21.4 Å². The quantitative estimate of drug-likeness (QED) is 0.617. The smallest absolute Gasteiger partial charge is 0.0786 e. The second-order valence-electron chi connectivity index (χ2n) is 7.93. The standard InChI is InChI=1S/2C9H20N.C2H3N.3CH4.ClH/c2*1-3-4-7-10(2)8-5-6-9-10;1-2-3;;;;/h2*3-9H2,1-2H3;1H3;3*1H4;1H/q2*+1;;;;;/p-1. The molecule has 2 fully saturated rings. The van der Waals surface area contributed by atoms with Crippen LogP contribution in [0.3, 0.4) is 0 Å². The lowest BCUT2D eigenvalue weighted by molar-refractivity contribution is -0.897. The third kappa shape index (κ3) is 18.8. The van der Waals surface area contributed by atoms with E-state index in [4.69, 9.17) is 5.26 Å². The van der Waals surface area contributed by atoms with Gasteiger partial charge in [0.1, 0.15) is 0 Å². The predicted molar refractivity (Wildman–Crippen MR) is 121 cm³/mol. The lowest BCUT2D eigenvalue weighted by Gasteiger charge is -2.28. The third-order valence-corrected chi connectivity index (χ3v) is 5.39. The number of nitrogens with zero attached hydrogens (tertiary/aromatic N) is 3. The van der Waals surface area contributed by atoms with Crippen molar-refractivity contribution in [2.45, 2.75) is 94.4 Å². The summed E-state index contributed by atoms with van der Waals surface area (Å²) >= 11 is 0. The number of likely N-dealkylation sites (tertiary alicyclic amines) is 2. The van der Waals surface area contributed by atoms with E-state index in [-0.39, 0.29) is 34.7 Å². The minimum absolute atomic E-state index is 0. The molecular weight excluding hydrogens is 354 g/mol.